The average molecular weight is 253 g/mol. The molecular weight excluding hydrogens is 238 g/mol. The smallest absolute Gasteiger partial charge is 0.173 e. The third-order valence-corrected chi connectivity index (χ3v) is 3.22. The molecule has 4 heteroatoms. The van der Waals surface area contributed by atoms with E-state index in [0.717, 1.165) is 27.8 Å². The van der Waals surface area contributed by atoms with Crippen molar-refractivity contribution in [3.05, 3.63) is 42.1 Å². The van der Waals surface area contributed by atoms with Crippen LogP contribution in [0.5, 0.6) is 0 Å². The van der Waals surface area contributed by atoms with E-state index in [1.54, 1.807) is 6.20 Å². The van der Waals surface area contributed by atoms with E-state index in [2.05, 4.69) is 24.0 Å². The molecule has 0 aliphatic heterocycles. The van der Waals surface area contributed by atoms with Crippen LogP contribution < -0.4 is 5.73 Å². The van der Waals surface area contributed by atoms with Crippen LogP contribution in [0.2, 0.25) is 0 Å². The van der Waals surface area contributed by atoms with Crippen LogP contribution in [0.1, 0.15) is 25.3 Å². The Morgan fingerprint density at radius 3 is 2.79 bits per heavy atom. The molecule has 2 heterocycles. The number of aromatic nitrogens is 2. The summed E-state index contributed by atoms with van der Waals surface area (Å²) < 4.78 is 5.45. The Morgan fingerprint density at radius 1 is 1.16 bits per heavy atom. The molecule has 2 N–H and O–H groups in total. The van der Waals surface area contributed by atoms with E-state index >= 15 is 0 Å². The van der Waals surface area contributed by atoms with Crippen LogP contribution in [0.4, 0.5) is 5.82 Å². The van der Waals surface area contributed by atoms with Gasteiger partial charge < -0.3 is 10.3 Å². The summed E-state index contributed by atoms with van der Waals surface area (Å²) in [5.41, 5.74) is 8.78. The summed E-state index contributed by atoms with van der Waals surface area (Å²) in [5.74, 6) is 1.46. The largest absolute Gasteiger partial charge is 0.381 e. The molecule has 0 bridgehead atoms. The van der Waals surface area contributed by atoms with Crippen LogP contribution in [0.3, 0.4) is 0 Å². The molecule has 0 amide bonds. The van der Waals surface area contributed by atoms with Crippen LogP contribution in [0.25, 0.3) is 22.2 Å². The Morgan fingerprint density at radius 2 is 2.00 bits per heavy atom. The summed E-state index contributed by atoms with van der Waals surface area (Å²) in [7, 11) is 0. The van der Waals surface area contributed by atoms with Crippen molar-refractivity contribution in [1.29, 1.82) is 0 Å². The molecular formula is C15H15N3O. The van der Waals surface area contributed by atoms with Crippen LogP contribution in [0.15, 0.2) is 41.1 Å². The van der Waals surface area contributed by atoms with Crippen molar-refractivity contribution >= 4 is 16.7 Å². The van der Waals surface area contributed by atoms with E-state index in [-0.39, 0.29) is 5.92 Å². The molecule has 0 aliphatic carbocycles. The van der Waals surface area contributed by atoms with Crippen molar-refractivity contribution < 1.29 is 4.52 Å². The minimum Gasteiger partial charge on any atom is -0.381 e. The van der Waals surface area contributed by atoms with Crippen molar-refractivity contribution in [3.8, 4) is 11.3 Å². The Balaban J connectivity index is 2.31. The molecule has 96 valence electrons. The highest BCUT2D eigenvalue weighted by Crippen LogP contribution is 2.36. The predicted octanol–water partition coefficient (Wildman–Crippen LogP) is 3.60. The standard InChI is InChI=1S/C15H15N3O/c1-9(2)13-14(19-18-15(13)16)11-5-3-7-12-10(11)6-4-8-17-12/h3-9H,1-2H3,(H2,16,18). The Kier molecular flexibility index (Phi) is 2.71. The second-order valence-electron chi connectivity index (χ2n) is 4.84. The molecule has 0 saturated carbocycles. The molecule has 19 heavy (non-hydrogen) atoms. The van der Waals surface area contributed by atoms with Gasteiger partial charge in [-0.3, -0.25) is 4.98 Å². The molecule has 3 aromatic rings. The summed E-state index contributed by atoms with van der Waals surface area (Å²) in [6.45, 7) is 4.16. The van der Waals surface area contributed by atoms with Crippen molar-refractivity contribution in [2.75, 3.05) is 5.73 Å². The zero-order valence-corrected chi connectivity index (χ0v) is 10.9. The van der Waals surface area contributed by atoms with E-state index in [1.165, 1.54) is 0 Å². The molecule has 0 unspecified atom stereocenters. The first-order valence-electron chi connectivity index (χ1n) is 6.27. The molecule has 3 rings (SSSR count). The predicted molar refractivity (Wildman–Crippen MR) is 75.7 cm³/mol. The first-order chi connectivity index (χ1) is 9.18. The van der Waals surface area contributed by atoms with Gasteiger partial charge in [0.2, 0.25) is 0 Å². The number of pyridine rings is 1. The lowest BCUT2D eigenvalue weighted by Gasteiger charge is -2.07. The van der Waals surface area contributed by atoms with Gasteiger partial charge in [-0.2, -0.15) is 0 Å². The first-order valence-corrected chi connectivity index (χ1v) is 6.27. The lowest BCUT2D eigenvalue weighted by molar-refractivity contribution is 0.435. The number of hydrogen-bond donors (Lipinski definition) is 1. The number of fused-ring (bicyclic) bond motifs is 1. The lowest BCUT2D eigenvalue weighted by atomic mass is 9.97. The van der Waals surface area contributed by atoms with E-state index < -0.39 is 0 Å². The van der Waals surface area contributed by atoms with Gasteiger partial charge in [0.15, 0.2) is 11.6 Å². The van der Waals surface area contributed by atoms with E-state index in [4.69, 9.17) is 10.3 Å². The van der Waals surface area contributed by atoms with E-state index in [9.17, 15) is 0 Å². The minimum absolute atomic E-state index is 0.258. The van der Waals surface area contributed by atoms with Gasteiger partial charge in [-0.05, 0) is 18.1 Å². The van der Waals surface area contributed by atoms with Gasteiger partial charge in [0.05, 0.1) is 5.52 Å². The number of anilines is 1. The highest BCUT2D eigenvalue weighted by atomic mass is 16.5. The zero-order chi connectivity index (χ0) is 13.4. The molecule has 0 aliphatic rings. The fraction of sp³-hybridized carbons (Fsp3) is 0.200. The number of nitrogen functional groups attached to an aromatic ring is 1. The number of nitrogens with zero attached hydrogens (tertiary/aromatic N) is 2. The lowest BCUT2D eigenvalue weighted by Crippen LogP contribution is -1.95. The van der Waals surface area contributed by atoms with Crippen molar-refractivity contribution in [2.45, 2.75) is 19.8 Å². The van der Waals surface area contributed by atoms with Gasteiger partial charge in [0.25, 0.3) is 0 Å². The van der Waals surface area contributed by atoms with Gasteiger partial charge in [0.1, 0.15) is 0 Å². The fourth-order valence-electron chi connectivity index (χ4n) is 2.36. The molecule has 2 aromatic heterocycles. The number of nitrogens with two attached hydrogens (primary N) is 1. The summed E-state index contributed by atoms with van der Waals surface area (Å²) in [4.78, 5) is 4.36. The quantitative estimate of drug-likeness (QED) is 0.757. The monoisotopic (exact) mass is 253 g/mol. The molecule has 4 nitrogen and oxygen atoms in total. The van der Waals surface area contributed by atoms with Crippen LogP contribution >= 0.6 is 0 Å². The van der Waals surface area contributed by atoms with Gasteiger partial charge in [-0.25, -0.2) is 0 Å². The Hall–Kier alpha value is -2.36. The maximum atomic E-state index is 5.90. The normalized spacial score (nSPS) is 11.3. The highest BCUT2D eigenvalue weighted by Gasteiger charge is 2.20. The van der Waals surface area contributed by atoms with E-state index in [1.807, 2.05) is 30.3 Å². The number of rotatable bonds is 2. The highest BCUT2D eigenvalue weighted by molar-refractivity contribution is 5.94. The second-order valence-corrected chi connectivity index (χ2v) is 4.84. The molecule has 0 saturated heterocycles. The first kappa shape index (κ1) is 11.7. The molecule has 1 aromatic carbocycles. The van der Waals surface area contributed by atoms with Crippen LogP contribution in [-0.2, 0) is 0 Å². The minimum atomic E-state index is 0.258. The topological polar surface area (TPSA) is 64.9 Å². The summed E-state index contributed by atoms with van der Waals surface area (Å²) >= 11 is 0. The van der Waals surface area contributed by atoms with E-state index in [0.29, 0.717) is 5.82 Å². The maximum absolute atomic E-state index is 5.90. The van der Waals surface area contributed by atoms with Gasteiger partial charge in [-0.15, -0.1) is 0 Å². The zero-order valence-electron chi connectivity index (χ0n) is 10.9. The van der Waals surface area contributed by atoms with Crippen molar-refractivity contribution in [1.82, 2.24) is 10.1 Å². The fourth-order valence-corrected chi connectivity index (χ4v) is 2.36. The molecule has 0 fully saturated rings. The Labute approximate surface area is 111 Å². The SMILES string of the molecule is CC(C)c1c(N)noc1-c1cccc2ncccc12. The van der Waals surface area contributed by atoms with Crippen LogP contribution in [-0.4, -0.2) is 10.1 Å². The summed E-state index contributed by atoms with van der Waals surface area (Å²) in [6, 6.07) is 9.90. The number of hydrogen-bond acceptors (Lipinski definition) is 4. The van der Waals surface area contributed by atoms with Crippen LogP contribution in [0, 0.1) is 0 Å². The van der Waals surface area contributed by atoms with Crippen molar-refractivity contribution in [3.63, 3.8) is 0 Å². The molecule has 0 radical (unpaired) electrons. The van der Waals surface area contributed by atoms with Crippen molar-refractivity contribution in [2.24, 2.45) is 0 Å². The molecule has 0 spiro atoms. The van der Waals surface area contributed by atoms with Gasteiger partial charge >= 0.3 is 0 Å². The van der Waals surface area contributed by atoms with Gasteiger partial charge in [-0.1, -0.05) is 37.2 Å². The second kappa shape index (κ2) is 4.39. The molecule has 0 atom stereocenters. The average Bonchev–Trinajstić information content (AvgIpc) is 2.80. The summed E-state index contributed by atoms with van der Waals surface area (Å²) in [5, 5.41) is 4.95. The summed E-state index contributed by atoms with van der Waals surface area (Å²) in [6.07, 6.45) is 1.78. The van der Waals surface area contributed by atoms with Gasteiger partial charge in [0, 0.05) is 22.7 Å². The third-order valence-electron chi connectivity index (χ3n) is 3.22. The Bertz CT molecular complexity index is 726. The maximum Gasteiger partial charge on any atom is 0.173 e. The third kappa shape index (κ3) is 1.85. The number of benzene rings is 1.